The molecule has 0 radical (unpaired) electrons. The smallest absolute Gasteiger partial charge is 0.234 e. The summed E-state index contributed by atoms with van der Waals surface area (Å²) < 4.78 is 1.07. The van der Waals surface area contributed by atoms with Crippen LogP contribution in [0.15, 0.2) is 83.3 Å². The fourth-order valence-electron chi connectivity index (χ4n) is 2.49. The number of nitrogens with one attached hydrogen (secondary N) is 1. The zero-order valence-electron chi connectivity index (χ0n) is 13.6. The first-order valence-corrected chi connectivity index (χ1v) is 9.93. The minimum atomic E-state index is 0.0190. The summed E-state index contributed by atoms with van der Waals surface area (Å²) in [5.41, 5.74) is 4.20. The van der Waals surface area contributed by atoms with Gasteiger partial charge in [-0.05, 0) is 29.3 Å². The highest BCUT2D eigenvalue weighted by molar-refractivity contribution is 9.10. The van der Waals surface area contributed by atoms with Crippen molar-refractivity contribution >= 4 is 39.3 Å². The van der Waals surface area contributed by atoms with Gasteiger partial charge in [0, 0.05) is 21.5 Å². The predicted molar refractivity (Wildman–Crippen MR) is 111 cm³/mol. The fraction of sp³-hybridized carbons (Fsp3) is 0.0952. The van der Waals surface area contributed by atoms with E-state index in [1.165, 1.54) is 5.56 Å². The van der Waals surface area contributed by atoms with E-state index >= 15 is 0 Å². The van der Waals surface area contributed by atoms with E-state index in [1.54, 1.807) is 11.8 Å². The number of anilines is 1. The molecule has 1 N–H and O–H groups in total. The molecule has 0 aliphatic carbocycles. The molecule has 2 nitrogen and oxygen atoms in total. The molecular formula is C21H18BrNOS. The summed E-state index contributed by atoms with van der Waals surface area (Å²) >= 11 is 5.04. The topological polar surface area (TPSA) is 29.1 Å². The summed E-state index contributed by atoms with van der Waals surface area (Å²) in [5, 5.41) is 3.04. The Morgan fingerprint density at radius 1 is 0.880 bits per heavy atom. The molecule has 3 aromatic carbocycles. The molecular weight excluding hydrogens is 394 g/mol. The Morgan fingerprint density at radius 3 is 2.32 bits per heavy atom. The number of carbonyl (C=O) groups is 1. The fourth-order valence-corrected chi connectivity index (χ4v) is 3.54. The zero-order valence-corrected chi connectivity index (χ0v) is 16.0. The first-order valence-electron chi connectivity index (χ1n) is 7.99. The Kier molecular flexibility index (Phi) is 6.31. The van der Waals surface area contributed by atoms with Crippen LogP contribution >= 0.6 is 27.7 Å². The van der Waals surface area contributed by atoms with Crippen molar-refractivity contribution in [3.63, 3.8) is 0 Å². The van der Waals surface area contributed by atoms with Gasteiger partial charge in [0.25, 0.3) is 0 Å². The first-order chi connectivity index (χ1) is 12.2. The molecule has 3 aromatic rings. The third kappa shape index (κ3) is 5.21. The van der Waals surface area contributed by atoms with Gasteiger partial charge in [0.05, 0.1) is 5.75 Å². The molecule has 4 heteroatoms. The number of benzene rings is 3. The molecule has 0 saturated heterocycles. The van der Waals surface area contributed by atoms with E-state index in [0.29, 0.717) is 5.75 Å². The molecule has 25 heavy (non-hydrogen) atoms. The van der Waals surface area contributed by atoms with E-state index < -0.39 is 0 Å². The van der Waals surface area contributed by atoms with Crippen molar-refractivity contribution in [1.82, 2.24) is 0 Å². The zero-order chi connectivity index (χ0) is 17.5. The van der Waals surface area contributed by atoms with Gasteiger partial charge >= 0.3 is 0 Å². The molecule has 0 bridgehead atoms. The standard InChI is InChI=1S/C21H18BrNOS/c22-18-12-10-16(11-13-18)14-25-15-21(24)23-20-9-5-4-8-19(20)17-6-2-1-3-7-17/h1-13H,14-15H2,(H,23,24). The number of halogens is 1. The van der Waals surface area contributed by atoms with Crippen LogP contribution in [0.1, 0.15) is 5.56 Å². The van der Waals surface area contributed by atoms with Gasteiger partial charge in [-0.2, -0.15) is 0 Å². The average molecular weight is 412 g/mol. The van der Waals surface area contributed by atoms with Crippen LogP contribution in [0.4, 0.5) is 5.69 Å². The highest BCUT2D eigenvalue weighted by Crippen LogP contribution is 2.27. The molecule has 0 aliphatic rings. The maximum atomic E-state index is 12.3. The van der Waals surface area contributed by atoms with Crippen LogP contribution in [0.5, 0.6) is 0 Å². The number of thioether (sulfide) groups is 1. The lowest BCUT2D eigenvalue weighted by molar-refractivity contribution is -0.113. The second-order valence-corrected chi connectivity index (χ2v) is 7.48. The van der Waals surface area contributed by atoms with Gasteiger partial charge in [0.2, 0.25) is 5.91 Å². The molecule has 0 aromatic heterocycles. The molecule has 0 saturated carbocycles. The van der Waals surface area contributed by atoms with Crippen LogP contribution in [-0.2, 0) is 10.5 Å². The second kappa shape index (κ2) is 8.88. The van der Waals surface area contributed by atoms with Crippen molar-refractivity contribution < 1.29 is 4.79 Å². The quantitative estimate of drug-likeness (QED) is 0.539. The van der Waals surface area contributed by atoms with E-state index in [0.717, 1.165) is 27.0 Å². The molecule has 0 spiro atoms. The first kappa shape index (κ1) is 17.8. The Balaban J connectivity index is 1.59. The Bertz CT molecular complexity index is 834. The normalized spacial score (nSPS) is 10.4. The van der Waals surface area contributed by atoms with Crippen LogP contribution in [0.25, 0.3) is 11.1 Å². The van der Waals surface area contributed by atoms with E-state index in [2.05, 4.69) is 33.4 Å². The van der Waals surface area contributed by atoms with Crippen molar-refractivity contribution in [3.8, 4) is 11.1 Å². The maximum absolute atomic E-state index is 12.3. The largest absolute Gasteiger partial charge is 0.325 e. The highest BCUT2D eigenvalue weighted by atomic mass is 79.9. The monoisotopic (exact) mass is 411 g/mol. The Labute approximate surface area is 160 Å². The van der Waals surface area contributed by atoms with Crippen molar-refractivity contribution in [2.45, 2.75) is 5.75 Å². The van der Waals surface area contributed by atoms with Gasteiger partial charge in [-0.25, -0.2) is 0 Å². The van der Waals surface area contributed by atoms with Gasteiger partial charge in [-0.3, -0.25) is 4.79 Å². The predicted octanol–water partition coefficient (Wildman–Crippen LogP) is 5.99. The number of hydrogen-bond donors (Lipinski definition) is 1. The number of amides is 1. The number of rotatable bonds is 6. The minimum absolute atomic E-state index is 0.0190. The molecule has 0 unspecified atom stereocenters. The van der Waals surface area contributed by atoms with Crippen molar-refractivity contribution in [2.75, 3.05) is 11.1 Å². The lowest BCUT2D eigenvalue weighted by Crippen LogP contribution is -2.14. The van der Waals surface area contributed by atoms with Crippen LogP contribution in [0, 0.1) is 0 Å². The molecule has 3 rings (SSSR count). The molecule has 0 heterocycles. The summed E-state index contributed by atoms with van der Waals surface area (Å²) in [7, 11) is 0. The SMILES string of the molecule is O=C(CSCc1ccc(Br)cc1)Nc1ccccc1-c1ccccc1. The van der Waals surface area contributed by atoms with Crippen LogP contribution in [-0.4, -0.2) is 11.7 Å². The minimum Gasteiger partial charge on any atom is -0.325 e. The Morgan fingerprint density at radius 2 is 1.56 bits per heavy atom. The molecule has 1 amide bonds. The Hall–Kier alpha value is -2.04. The summed E-state index contributed by atoms with van der Waals surface area (Å²) in [5.74, 6) is 1.27. The lowest BCUT2D eigenvalue weighted by Gasteiger charge is -2.11. The summed E-state index contributed by atoms with van der Waals surface area (Å²) in [6.07, 6.45) is 0. The number of carbonyl (C=O) groups excluding carboxylic acids is 1. The van der Waals surface area contributed by atoms with Gasteiger partial charge in [-0.1, -0.05) is 76.6 Å². The van der Waals surface area contributed by atoms with Gasteiger partial charge in [0.1, 0.15) is 0 Å². The van der Waals surface area contributed by atoms with Gasteiger partial charge in [0.15, 0.2) is 0 Å². The van der Waals surface area contributed by atoms with E-state index in [4.69, 9.17) is 0 Å². The second-order valence-electron chi connectivity index (χ2n) is 5.58. The van der Waals surface area contributed by atoms with Crippen LogP contribution < -0.4 is 5.32 Å². The van der Waals surface area contributed by atoms with Crippen molar-refractivity contribution in [1.29, 1.82) is 0 Å². The molecule has 0 atom stereocenters. The summed E-state index contributed by atoms with van der Waals surface area (Å²) in [6, 6.07) is 26.2. The van der Waals surface area contributed by atoms with E-state index in [9.17, 15) is 4.79 Å². The average Bonchev–Trinajstić information content (AvgIpc) is 2.64. The molecule has 0 fully saturated rings. The number of para-hydroxylation sites is 1. The third-order valence-electron chi connectivity index (χ3n) is 3.70. The third-order valence-corrected chi connectivity index (χ3v) is 5.23. The highest BCUT2D eigenvalue weighted by Gasteiger charge is 2.08. The van der Waals surface area contributed by atoms with Crippen LogP contribution in [0.2, 0.25) is 0 Å². The van der Waals surface area contributed by atoms with Gasteiger partial charge < -0.3 is 5.32 Å². The molecule has 0 aliphatic heterocycles. The number of hydrogen-bond acceptors (Lipinski definition) is 2. The van der Waals surface area contributed by atoms with Crippen molar-refractivity contribution in [2.24, 2.45) is 0 Å². The maximum Gasteiger partial charge on any atom is 0.234 e. The van der Waals surface area contributed by atoms with E-state index in [1.807, 2.05) is 66.7 Å². The summed E-state index contributed by atoms with van der Waals surface area (Å²) in [6.45, 7) is 0. The lowest BCUT2D eigenvalue weighted by atomic mass is 10.0. The molecule has 126 valence electrons. The van der Waals surface area contributed by atoms with Crippen molar-refractivity contribution in [3.05, 3.63) is 88.9 Å². The van der Waals surface area contributed by atoms with Gasteiger partial charge in [-0.15, -0.1) is 11.8 Å². The summed E-state index contributed by atoms with van der Waals surface area (Å²) in [4.78, 5) is 12.3. The van der Waals surface area contributed by atoms with Crippen LogP contribution in [0.3, 0.4) is 0 Å². The van der Waals surface area contributed by atoms with E-state index in [-0.39, 0.29) is 5.91 Å².